The third kappa shape index (κ3) is 8.25. The summed E-state index contributed by atoms with van der Waals surface area (Å²) in [7, 11) is 8.29. The Bertz CT molecular complexity index is 1890. The molecule has 0 saturated carbocycles. The molecule has 5 aliphatic rings. The molecule has 0 spiro atoms. The maximum absolute atomic E-state index is 14.4. The number of carbonyl (C=O) groups excluding carboxylic acids is 1. The highest BCUT2D eigenvalue weighted by Crippen LogP contribution is 2.46. The number of aliphatic hydroxyl groups is 1. The van der Waals surface area contributed by atoms with Gasteiger partial charge in [-0.1, -0.05) is 20.8 Å². The second kappa shape index (κ2) is 16.8. The van der Waals surface area contributed by atoms with E-state index in [-0.39, 0.29) is 23.5 Å². The van der Waals surface area contributed by atoms with Crippen LogP contribution in [-0.4, -0.2) is 97.2 Å². The van der Waals surface area contributed by atoms with Crippen molar-refractivity contribution in [3.8, 4) is 0 Å². The molecular weight excluding hydrogens is 726 g/mol. The van der Waals surface area contributed by atoms with Gasteiger partial charge in [0.1, 0.15) is 5.76 Å². The first-order chi connectivity index (χ1) is 25.1. The third-order valence-electron chi connectivity index (χ3n) is 11.5. The van der Waals surface area contributed by atoms with Gasteiger partial charge >= 0.3 is 0 Å². The molecule has 1 aliphatic carbocycles. The van der Waals surface area contributed by atoms with Gasteiger partial charge in [0.2, 0.25) is 5.91 Å². The van der Waals surface area contributed by atoms with Crippen LogP contribution in [0.3, 0.4) is 0 Å². The van der Waals surface area contributed by atoms with Gasteiger partial charge in [0.25, 0.3) is 0 Å². The van der Waals surface area contributed by atoms with Gasteiger partial charge in [0.05, 0.1) is 33.0 Å². The van der Waals surface area contributed by atoms with Gasteiger partial charge in [-0.3, -0.25) is 9.79 Å². The monoisotopic (exact) mass is 785 g/mol. The van der Waals surface area contributed by atoms with E-state index >= 15 is 0 Å². The molecule has 2 atom stereocenters. The van der Waals surface area contributed by atoms with Crippen molar-refractivity contribution in [2.75, 3.05) is 54.4 Å². The van der Waals surface area contributed by atoms with Crippen molar-refractivity contribution in [3.05, 3.63) is 89.8 Å². The van der Waals surface area contributed by atoms with E-state index in [1.165, 1.54) is 5.57 Å². The summed E-state index contributed by atoms with van der Waals surface area (Å²) in [6.07, 6.45) is 8.20. The van der Waals surface area contributed by atoms with Gasteiger partial charge in [-0.15, -0.1) is 0 Å². The first-order valence-corrected chi connectivity index (χ1v) is 20.1. The average Bonchev–Trinajstić information content (AvgIpc) is 3.78. The number of nitrogens with two attached hydrogens (primary N) is 1. The van der Waals surface area contributed by atoms with Crippen LogP contribution in [0.15, 0.2) is 105 Å². The topological polar surface area (TPSA) is 110 Å². The zero-order valence-corrected chi connectivity index (χ0v) is 35.5. The van der Waals surface area contributed by atoms with Crippen LogP contribution in [0.4, 0.5) is 0 Å². The highest BCUT2D eigenvalue weighted by atomic mass is 79.9. The number of allylic oxidation sites excluding steroid dienone is 12. The Kier molecular flexibility index (Phi) is 12.9. The van der Waals surface area contributed by atoms with Crippen LogP contribution < -0.4 is 5.73 Å². The predicted molar refractivity (Wildman–Crippen MR) is 224 cm³/mol. The molecule has 4 heterocycles. The van der Waals surface area contributed by atoms with E-state index < -0.39 is 0 Å². The Hall–Kier alpha value is -3.60. The van der Waals surface area contributed by atoms with Crippen molar-refractivity contribution >= 4 is 39.0 Å². The van der Waals surface area contributed by atoms with E-state index in [9.17, 15) is 9.90 Å². The number of hydrogen-bond acceptors (Lipinski definition) is 8. The predicted octanol–water partition coefficient (Wildman–Crippen LogP) is 8.33. The van der Waals surface area contributed by atoms with E-state index in [0.717, 1.165) is 116 Å². The second-order valence-electron chi connectivity index (χ2n) is 15.6. The highest BCUT2D eigenvalue weighted by molar-refractivity contribution is 9.12. The van der Waals surface area contributed by atoms with Crippen molar-refractivity contribution in [1.29, 1.82) is 0 Å². The molecule has 0 aromatic rings. The molecule has 9 nitrogen and oxygen atoms in total. The van der Waals surface area contributed by atoms with Gasteiger partial charge in [0, 0.05) is 54.7 Å². The molecule has 286 valence electrons. The highest BCUT2D eigenvalue weighted by Gasteiger charge is 2.41. The lowest BCUT2D eigenvalue weighted by Gasteiger charge is -2.27. The Morgan fingerprint density at radius 2 is 1.43 bits per heavy atom. The fraction of sp³-hybridized carbons (Fsp3) is 0.535. The first-order valence-electron chi connectivity index (χ1n) is 19.3. The van der Waals surface area contributed by atoms with E-state index in [4.69, 9.17) is 20.7 Å². The minimum absolute atomic E-state index is 0.0728. The van der Waals surface area contributed by atoms with Crippen LogP contribution in [-0.2, 0) is 4.79 Å². The van der Waals surface area contributed by atoms with Crippen molar-refractivity contribution in [2.24, 2.45) is 32.5 Å². The number of aliphatic imine (C=N–C) groups is 3. The van der Waals surface area contributed by atoms with E-state index in [0.29, 0.717) is 31.6 Å². The third-order valence-corrected chi connectivity index (χ3v) is 12.2. The van der Waals surface area contributed by atoms with E-state index in [1.807, 2.05) is 13.0 Å². The number of fused-ring (bicyclic) bond motifs is 5. The standard InChI is InChI=1S/C43H60BrN7O2/c1-12-29-24(3)34-23-36-30(13-2)26(5)41(47-36)40(44)42-27(6)32(21-38(53)51(18-14-16-49(8)9)19-15-17-50(10)11)43(48-42)31-20-37(52)39(25(31)4)28(7)33(45)22-35(29)46-34/h22-23,27,32,52H,12-21,45H2,1-11H3/t27-,32?/m0/s1. The fourth-order valence-corrected chi connectivity index (χ4v) is 9.13. The van der Waals surface area contributed by atoms with Crippen LogP contribution in [0.2, 0.25) is 0 Å². The lowest BCUT2D eigenvalue weighted by molar-refractivity contribution is -0.132. The fourth-order valence-electron chi connectivity index (χ4n) is 8.30. The Balaban J connectivity index is 1.66. The van der Waals surface area contributed by atoms with Crippen molar-refractivity contribution < 1.29 is 9.90 Å². The van der Waals surface area contributed by atoms with Crippen LogP contribution >= 0.6 is 15.9 Å². The summed E-state index contributed by atoms with van der Waals surface area (Å²) >= 11 is 4.01. The van der Waals surface area contributed by atoms with Crippen molar-refractivity contribution in [3.63, 3.8) is 0 Å². The molecule has 0 saturated heterocycles. The van der Waals surface area contributed by atoms with Gasteiger partial charge in [-0.25, -0.2) is 9.98 Å². The summed E-state index contributed by atoms with van der Waals surface area (Å²) in [5.41, 5.74) is 20.7. The molecule has 0 aromatic carbocycles. The van der Waals surface area contributed by atoms with Gasteiger partial charge in [-0.2, -0.15) is 0 Å². The SMILES string of the molecule is CCC1=C(C)C2=NC1=CC(N)=C(C)C1=C(O)CC(=C1C)C1=NC(=C(Br)C3=NC(=C2)C(CC)=C3C)[C@@H](C)C1CC(=O)N(CCCN(C)C)CCCN(C)C. The van der Waals surface area contributed by atoms with Crippen LogP contribution in [0.5, 0.6) is 0 Å². The molecule has 8 bridgehead atoms. The average molecular weight is 787 g/mol. The number of hydrogen-bond donors (Lipinski definition) is 2. The van der Waals surface area contributed by atoms with Crippen LogP contribution in [0.1, 0.15) is 87.0 Å². The number of halogens is 1. The Morgan fingerprint density at radius 1 is 0.849 bits per heavy atom. The summed E-state index contributed by atoms with van der Waals surface area (Å²) in [5, 5.41) is 11.6. The number of nitrogens with zero attached hydrogens (tertiary/aromatic N) is 6. The summed E-state index contributed by atoms with van der Waals surface area (Å²) in [6, 6.07) is 0. The molecule has 0 aromatic heterocycles. The number of amides is 1. The molecule has 1 unspecified atom stereocenters. The molecular formula is C43H60BrN7O2. The zero-order chi connectivity index (χ0) is 38.9. The maximum atomic E-state index is 14.4. The molecule has 5 rings (SSSR count). The molecule has 0 fully saturated rings. The van der Waals surface area contributed by atoms with Gasteiger partial charge in [0.15, 0.2) is 0 Å². The molecule has 3 N–H and O–H groups in total. The second-order valence-corrected chi connectivity index (χ2v) is 16.4. The Morgan fingerprint density at radius 3 is 2.02 bits per heavy atom. The molecule has 0 radical (unpaired) electrons. The zero-order valence-electron chi connectivity index (χ0n) is 33.9. The minimum Gasteiger partial charge on any atom is -0.511 e. The number of aliphatic hydroxyl groups excluding tert-OH is 1. The normalized spacial score (nSPS) is 22.1. The largest absolute Gasteiger partial charge is 0.511 e. The summed E-state index contributed by atoms with van der Waals surface area (Å²) < 4.78 is 0.854. The van der Waals surface area contributed by atoms with Gasteiger partial charge < -0.3 is 25.5 Å². The summed E-state index contributed by atoms with van der Waals surface area (Å²) in [5.74, 6) is 0.175. The number of rotatable bonds is 12. The smallest absolute Gasteiger partial charge is 0.223 e. The van der Waals surface area contributed by atoms with Crippen molar-refractivity contribution in [1.82, 2.24) is 14.7 Å². The van der Waals surface area contributed by atoms with Crippen molar-refractivity contribution in [2.45, 2.75) is 87.0 Å². The lowest BCUT2D eigenvalue weighted by atomic mass is 9.82. The van der Waals surface area contributed by atoms with Crippen LogP contribution in [0, 0.1) is 11.8 Å². The number of carbonyl (C=O) groups is 1. The van der Waals surface area contributed by atoms with E-state index in [2.05, 4.69) is 106 Å². The lowest BCUT2D eigenvalue weighted by Crippen LogP contribution is -2.38. The molecule has 4 aliphatic heterocycles. The molecule has 53 heavy (non-hydrogen) atoms. The quantitative estimate of drug-likeness (QED) is 0.207. The van der Waals surface area contributed by atoms with Crippen LogP contribution in [0.25, 0.3) is 0 Å². The molecule has 1 amide bonds. The van der Waals surface area contributed by atoms with E-state index in [1.54, 1.807) is 0 Å². The molecule has 10 heteroatoms. The first kappa shape index (κ1) is 40.6. The van der Waals surface area contributed by atoms with Gasteiger partial charge in [-0.05, 0) is 162 Å². The minimum atomic E-state index is -0.175. The Labute approximate surface area is 326 Å². The summed E-state index contributed by atoms with van der Waals surface area (Å²) in [6.45, 7) is 18.0. The maximum Gasteiger partial charge on any atom is 0.223 e. The summed E-state index contributed by atoms with van der Waals surface area (Å²) in [4.78, 5) is 36.5.